The van der Waals surface area contributed by atoms with E-state index in [2.05, 4.69) is 26.9 Å². The van der Waals surface area contributed by atoms with Gasteiger partial charge in [-0.3, -0.25) is 0 Å². The van der Waals surface area contributed by atoms with Gasteiger partial charge in [0.2, 0.25) is 0 Å². The normalized spacial score (nSPS) is 20.9. The van der Waals surface area contributed by atoms with Crippen molar-refractivity contribution in [1.29, 1.82) is 0 Å². The highest BCUT2D eigenvalue weighted by Crippen LogP contribution is 2.21. The molecule has 0 saturated carbocycles. The van der Waals surface area contributed by atoms with Gasteiger partial charge in [-0.25, -0.2) is 4.98 Å². The van der Waals surface area contributed by atoms with Crippen molar-refractivity contribution in [3.63, 3.8) is 0 Å². The maximum Gasteiger partial charge on any atom is 0.128 e. The number of rotatable bonds is 2. The summed E-state index contributed by atoms with van der Waals surface area (Å²) in [5, 5.41) is 0. The van der Waals surface area contributed by atoms with Gasteiger partial charge in [0.15, 0.2) is 0 Å². The second-order valence-electron chi connectivity index (χ2n) is 4.67. The number of aromatic nitrogens is 1. The molecule has 4 heteroatoms. The van der Waals surface area contributed by atoms with Crippen molar-refractivity contribution < 1.29 is 4.74 Å². The summed E-state index contributed by atoms with van der Waals surface area (Å²) >= 11 is 0. The number of anilines is 2. The fourth-order valence-corrected chi connectivity index (χ4v) is 2.52. The average molecular weight is 233 g/mol. The highest BCUT2D eigenvalue weighted by atomic mass is 16.5. The van der Waals surface area contributed by atoms with Crippen LogP contribution in [0, 0.1) is 0 Å². The molecule has 2 aliphatic heterocycles. The second kappa shape index (κ2) is 4.92. The number of pyridine rings is 1. The van der Waals surface area contributed by atoms with E-state index in [9.17, 15) is 0 Å². The molecular formula is C13H19N3O. The monoisotopic (exact) mass is 233 g/mol. The predicted molar refractivity (Wildman–Crippen MR) is 68.7 cm³/mol. The highest BCUT2D eigenvalue weighted by molar-refractivity contribution is 5.51. The van der Waals surface area contributed by atoms with Gasteiger partial charge in [0.25, 0.3) is 0 Å². The van der Waals surface area contributed by atoms with Gasteiger partial charge < -0.3 is 14.5 Å². The molecule has 0 aliphatic carbocycles. The first-order chi connectivity index (χ1) is 8.43. The molecule has 1 aromatic heterocycles. The van der Waals surface area contributed by atoms with Crippen LogP contribution in [0.3, 0.4) is 0 Å². The highest BCUT2D eigenvalue weighted by Gasteiger charge is 2.15. The van der Waals surface area contributed by atoms with E-state index < -0.39 is 0 Å². The SMILES string of the molecule is c1cc(N2CCOCC2)ncc1N1CCCC1. The number of hydrogen-bond acceptors (Lipinski definition) is 4. The number of ether oxygens (including phenoxy) is 1. The zero-order valence-electron chi connectivity index (χ0n) is 10.1. The van der Waals surface area contributed by atoms with Crippen LogP contribution in [0.1, 0.15) is 12.8 Å². The summed E-state index contributed by atoms with van der Waals surface area (Å²) in [7, 11) is 0. The third-order valence-corrected chi connectivity index (χ3v) is 3.54. The predicted octanol–water partition coefficient (Wildman–Crippen LogP) is 1.52. The molecule has 0 bridgehead atoms. The van der Waals surface area contributed by atoms with Gasteiger partial charge in [0.05, 0.1) is 25.1 Å². The molecule has 0 atom stereocenters. The largest absolute Gasteiger partial charge is 0.378 e. The Morgan fingerprint density at radius 1 is 0.941 bits per heavy atom. The lowest BCUT2D eigenvalue weighted by atomic mass is 10.3. The Kier molecular flexibility index (Phi) is 3.14. The summed E-state index contributed by atoms with van der Waals surface area (Å²) in [5.74, 6) is 1.08. The van der Waals surface area contributed by atoms with Crippen LogP contribution in [-0.2, 0) is 4.74 Å². The van der Waals surface area contributed by atoms with E-state index in [0.29, 0.717) is 0 Å². The smallest absolute Gasteiger partial charge is 0.128 e. The molecule has 1 aromatic rings. The summed E-state index contributed by atoms with van der Waals surface area (Å²) in [6.45, 7) is 5.90. The third kappa shape index (κ3) is 2.36. The lowest BCUT2D eigenvalue weighted by Crippen LogP contribution is -2.36. The topological polar surface area (TPSA) is 28.6 Å². The first-order valence-corrected chi connectivity index (χ1v) is 6.47. The van der Waals surface area contributed by atoms with Gasteiger partial charge in [-0.05, 0) is 25.0 Å². The van der Waals surface area contributed by atoms with Crippen molar-refractivity contribution in [2.24, 2.45) is 0 Å². The Labute approximate surface area is 102 Å². The Morgan fingerprint density at radius 2 is 1.71 bits per heavy atom. The van der Waals surface area contributed by atoms with Crippen LogP contribution in [-0.4, -0.2) is 44.4 Å². The van der Waals surface area contributed by atoms with Gasteiger partial charge >= 0.3 is 0 Å². The Morgan fingerprint density at radius 3 is 2.35 bits per heavy atom. The Bertz CT molecular complexity index is 353. The van der Waals surface area contributed by atoms with Gasteiger partial charge in [-0.2, -0.15) is 0 Å². The van der Waals surface area contributed by atoms with Crippen molar-refractivity contribution >= 4 is 11.5 Å². The minimum atomic E-state index is 0.815. The van der Waals surface area contributed by atoms with Crippen LogP contribution >= 0.6 is 0 Å². The van der Waals surface area contributed by atoms with E-state index in [1.165, 1.54) is 31.6 Å². The number of morpholine rings is 1. The van der Waals surface area contributed by atoms with Crippen LogP contribution < -0.4 is 9.80 Å². The lowest BCUT2D eigenvalue weighted by molar-refractivity contribution is 0.122. The number of nitrogens with zero attached hydrogens (tertiary/aromatic N) is 3. The minimum absolute atomic E-state index is 0.815. The fourth-order valence-electron chi connectivity index (χ4n) is 2.52. The van der Waals surface area contributed by atoms with Crippen molar-refractivity contribution in [1.82, 2.24) is 4.98 Å². The van der Waals surface area contributed by atoms with E-state index in [4.69, 9.17) is 4.74 Å². The van der Waals surface area contributed by atoms with Gasteiger partial charge in [-0.15, -0.1) is 0 Å². The average Bonchev–Trinajstić information content (AvgIpc) is 2.94. The number of hydrogen-bond donors (Lipinski definition) is 0. The molecule has 17 heavy (non-hydrogen) atoms. The van der Waals surface area contributed by atoms with Crippen molar-refractivity contribution in [3.8, 4) is 0 Å². The van der Waals surface area contributed by atoms with E-state index in [0.717, 1.165) is 32.1 Å². The maximum atomic E-state index is 5.35. The summed E-state index contributed by atoms with van der Waals surface area (Å²) in [4.78, 5) is 9.28. The zero-order chi connectivity index (χ0) is 11.5. The van der Waals surface area contributed by atoms with Crippen LogP contribution in [0.4, 0.5) is 11.5 Å². The Balaban J connectivity index is 1.70. The molecule has 0 radical (unpaired) electrons. The molecule has 3 rings (SSSR count). The molecular weight excluding hydrogens is 214 g/mol. The van der Waals surface area contributed by atoms with Crippen LogP contribution in [0.25, 0.3) is 0 Å². The van der Waals surface area contributed by atoms with E-state index in [-0.39, 0.29) is 0 Å². The molecule has 2 fully saturated rings. The summed E-state index contributed by atoms with van der Waals surface area (Å²) in [6.07, 6.45) is 4.63. The van der Waals surface area contributed by atoms with E-state index >= 15 is 0 Å². The quantitative estimate of drug-likeness (QED) is 0.774. The molecule has 2 saturated heterocycles. The third-order valence-electron chi connectivity index (χ3n) is 3.54. The molecule has 0 aromatic carbocycles. The summed E-state index contributed by atoms with van der Waals surface area (Å²) in [5.41, 5.74) is 1.26. The Hall–Kier alpha value is -1.29. The second-order valence-corrected chi connectivity index (χ2v) is 4.67. The standard InChI is InChI=1S/C13H19N3O/c1-2-6-15(5-1)12-3-4-13(14-11-12)16-7-9-17-10-8-16/h3-4,11H,1-2,5-10H2. The zero-order valence-corrected chi connectivity index (χ0v) is 10.1. The van der Waals surface area contributed by atoms with Gasteiger partial charge in [-0.1, -0.05) is 0 Å². The minimum Gasteiger partial charge on any atom is -0.378 e. The summed E-state index contributed by atoms with van der Waals surface area (Å²) in [6, 6.07) is 4.34. The first-order valence-electron chi connectivity index (χ1n) is 6.47. The molecule has 0 spiro atoms. The lowest BCUT2D eigenvalue weighted by Gasteiger charge is -2.28. The molecule has 0 unspecified atom stereocenters. The molecule has 0 N–H and O–H groups in total. The van der Waals surface area contributed by atoms with E-state index in [1.54, 1.807) is 0 Å². The van der Waals surface area contributed by atoms with Crippen molar-refractivity contribution in [3.05, 3.63) is 18.3 Å². The van der Waals surface area contributed by atoms with Gasteiger partial charge in [0.1, 0.15) is 5.82 Å². The summed E-state index contributed by atoms with van der Waals surface area (Å²) < 4.78 is 5.35. The van der Waals surface area contributed by atoms with Crippen molar-refractivity contribution in [2.75, 3.05) is 49.2 Å². The molecule has 2 aliphatic rings. The van der Waals surface area contributed by atoms with Crippen LogP contribution in [0.15, 0.2) is 18.3 Å². The molecule has 0 amide bonds. The van der Waals surface area contributed by atoms with Crippen LogP contribution in [0.2, 0.25) is 0 Å². The van der Waals surface area contributed by atoms with Gasteiger partial charge in [0, 0.05) is 26.2 Å². The first kappa shape index (κ1) is 10.8. The fraction of sp³-hybridized carbons (Fsp3) is 0.615. The molecule has 3 heterocycles. The van der Waals surface area contributed by atoms with E-state index in [1.807, 2.05) is 6.20 Å². The van der Waals surface area contributed by atoms with Crippen LogP contribution in [0.5, 0.6) is 0 Å². The van der Waals surface area contributed by atoms with Crippen molar-refractivity contribution in [2.45, 2.75) is 12.8 Å². The molecule has 92 valence electrons. The molecule has 4 nitrogen and oxygen atoms in total. The maximum absolute atomic E-state index is 5.35.